The normalized spacial score (nSPS) is 24.3. The summed E-state index contributed by atoms with van der Waals surface area (Å²) < 4.78 is 0. The zero-order valence-electron chi connectivity index (χ0n) is 19.4. The molecule has 1 aromatic rings. The number of piperazine rings is 1. The third-order valence-corrected chi connectivity index (χ3v) is 7.50. The summed E-state index contributed by atoms with van der Waals surface area (Å²) in [6.45, 7) is 11.3. The Morgan fingerprint density at radius 1 is 1.00 bits per heavy atom. The third-order valence-electron chi connectivity index (χ3n) is 7.50. The first-order valence-electron chi connectivity index (χ1n) is 12.6. The van der Waals surface area contributed by atoms with Crippen LogP contribution in [0.1, 0.15) is 51.9 Å². The molecule has 31 heavy (non-hydrogen) atoms. The predicted octanol–water partition coefficient (Wildman–Crippen LogP) is 3.10. The summed E-state index contributed by atoms with van der Waals surface area (Å²) in [7, 11) is 0. The number of hydrogen-bond acceptors (Lipinski definition) is 5. The molecule has 6 heteroatoms. The molecule has 172 valence electrons. The molecule has 0 radical (unpaired) electrons. The highest BCUT2D eigenvalue weighted by molar-refractivity contribution is 5.78. The van der Waals surface area contributed by atoms with E-state index in [0.29, 0.717) is 24.4 Å². The number of hydrogen-bond donors (Lipinski definition) is 0. The second-order valence-electron chi connectivity index (χ2n) is 9.69. The molecule has 3 heterocycles. The van der Waals surface area contributed by atoms with Gasteiger partial charge in [0, 0.05) is 58.1 Å². The van der Waals surface area contributed by atoms with Gasteiger partial charge in [0.2, 0.25) is 5.91 Å². The molecule has 1 atom stereocenters. The first-order chi connectivity index (χ1) is 15.2. The van der Waals surface area contributed by atoms with Crippen molar-refractivity contribution in [3.05, 3.63) is 24.4 Å². The maximum atomic E-state index is 13.1. The molecule has 3 aliphatic rings. The minimum absolute atomic E-state index is 0.360. The number of nitrogens with zero attached hydrogens (tertiary/aromatic N) is 5. The summed E-state index contributed by atoms with van der Waals surface area (Å²) in [5.74, 6) is 2.15. The van der Waals surface area contributed by atoms with Gasteiger partial charge < -0.3 is 9.80 Å². The second kappa shape index (κ2) is 11.3. The fraction of sp³-hybridized carbons (Fsp3) is 0.760. The summed E-state index contributed by atoms with van der Waals surface area (Å²) in [5, 5.41) is 0. The van der Waals surface area contributed by atoms with Crippen molar-refractivity contribution in [2.24, 2.45) is 5.92 Å². The number of carbonyl (C=O) groups is 1. The van der Waals surface area contributed by atoms with Gasteiger partial charge in [0.15, 0.2) is 0 Å². The van der Waals surface area contributed by atoms with Gasteiger partial charge in [-0.05, 0) is 57.2 Å². The Kier molecular flexibility index (Phi) is 8.20. The van der Waals surface area contributed by atoms with Crippen LogP contribution in [0, 0.1) is 5.92 Å². The third kappa shape index (κ3) is 6.19. The van der Waals surface area contributed by atoms with Crippen molar-refractivity contribution in [1.82, 2.24) is 19.7 Å². The van der Waals surface area contributed by atoms with Crippen LogP contribution in [-0.4, -0.2) is 90.5 Å². The molecule has 2 saturated heterocycles. The van der Waals surface area contributed by atoms with Crippen molar-refractivity contribution < 1.29 is 4.79 Å². The Labute approximate surface area is 188 Å². The number of likely N-dealkylation sites (tertiary alicyclic amines) is 1. The van der Waals surface area contributed by atoms with Gasteiger partial charge in [-0.1, -0.05) is 25.3 Å². The molecule has 1 unspecified atom stereocenters. The van der Waals surface area contributed by atoms with E-state index in [-0.39, 0.29) is 0 Å². The predicted molar refractivity (Wildman–Crippen MR) is 126 cm³/mol. The molecular formula is C25H41N5O. The fourth-order valence-corrected chi connectivity index (χ4v) is 5.82. The van der Waals surface area contributed by atoms with Crippen molar-refractivity contribution in [3.63, 3.8) is 0 Å². The van der Waals surface area contributed by atoms with E-state index in [1.54, 1.807) is 0 Å². The van der Waals surface area contributed by atoms with Crippen molar-refractivity contribution in [3.8, 4) is 0 Å². The van der Waals surface area contributed by atoms with Crippen LogP contribution < -0.4 is 4.90 Å². The van der Waals surface area contributed by atoms with Gasteiger partial charge in [0.25, 0.3) is 0 Å². The largest absolute Gasteiger partial charge is 0.354 e. The zero-order valence-corrected chi connectivity index (χ0v) is 19.4. The van der Waals surface area contributed by atoms with Crippen LogP contribution in [0.5, 0.6) is 0 Å². The van der Waals surface area contributed by atoms with Gasteiger partial charge in [-0.15, -0.1) is 0 Å². The van der Waals surface area contributed by atoms with E-state index in [4.69, 9.17) is 0 Å². The minimum atomic E-state index is 0.360. The Morgan fingerprint density at radius 2 is 1.81 bits per heavy atom. The van der Waals surface area contributed by atoms with Crippen LogP contribution in [0.2, 0.25) is 0 Å². The molecule has 6 nitrogen and oxygen atoms in total. The van der Waals surface area contributed by atoms with Crippen molar-refractivity contribution in [2.45, 2.75) is 57.9 Å². The highest BCUT2D eigenvalue weighted by Crippen LogP contribution is 2.24. The van der Waals surface area contributed by atoms with Gasteiger partial charge in [0.05, 0.1) is 6.54 Å². The summed E-state index contributed by atoms with van der Waals surface area (Å²) in [6.07, 6.45) is 10.7. The van der Waals surface area contributed by atoms with E-state index < -0.39 is 0 Å². The Bertz CT molecular complexity index is 670. The van der Waals surface area contributed by atoms with Gasteiger partial charge in [-0.2, -0.15) is 0 Å². The van der Waals surface area contributed by atoms with Gasteiger partial charge in [-0.3, -0.25) is 14.6 Å². The number of piperidine rings is 1. The molecule has 0 bridgehead atoms. The lowest BCUT2D eigenvalue weighted by molar-refractivity contribution is -0.135. The summed E-state index contributed by atoms with van der Waals surface area (Å²) >= 11 is 0. The number of anilines is 1. The molecule has 1 amide bonds. The van der Waals surface area contributed by atoms with Crippen LogP contribution in [0.25, 0.3) is 0 Å². The summed E-state index contributed by atoms with van der Waals surface area (Å²) in [4.78, 5) is 27.2. The van der Waals surface area contributed by atoms with Crippen molar-refractivity contribution >= 4 is 11.7 Å². The second-order valence-corrected chi connectivity index (χ2v) is 9.69. The van der Waals surface area contributed by atoms with E-state index in [1.165, 1.54) is 51.5 Å². The average molecular weight is 428 g/mol. The highest BCUT2D eigenvalue weighted by Gasteiger charge is 2.29. The van der Waals surface area contributed by atoms with Crippen LogP contribution in [-0.2, 0) is 4.79 Å². The Balaban J connectivity index is 1.22. The van der Waals surface area contributed by atoms with Gasteiger partial charge >= 0.3 is 0 Å². The molecule has 0 aromatic carbocycles. The standard InChI is InChI=1S/C25H41N5O/c1-2-30(23-10-4-3-5-11-23)25(31)21-28-14-8-9-22(20-28)19-27-15-17-29(18-16-27)24-12-6-7-13-26-24/h6-7,12-13,22-23H,2-5,8-11,14-21H2,1H3. The number of carbonyl (C=O) groups excluding carboxylic acids is 1. The highest BCUT2D eigenvalue weighted by atomic mass is 16.2. The van der Waals surface area contributed by atoms with Crippen molar-refractivity contribution in [1.29, 1.82) is 0 Å². The molecule has 2 aliphatic heterocycles. The van der Waals surface area contributed by atoms with Crippen molar-refractivity contribution in [2.75, 3.05) is 63.8 Å². The lowest BCUT2D eigenvalue weighted by Gasteiger charge is -2.40. The maximum Gasteiger partial charge on any atom is 0.236 e. The number of likely N-dealkylation sites (N-methyl/N-ethyl adjacent to an activating group) is 1. The van der Waals surface area contributed by atoms with Crippen LogP contribution >= 0.6 is 0 Å². The molecule has 1 aromatic heterocycles. The quantitative estimate of drug-likeness (QED) is 0.669. The Morgan fingerprint density at radius 3 is 2.52 bits per heavy atom. The topological polar surface area (TPSA) is 42.9 Å². The van der Waals surface area contributed by atoms with Gasteiger partial charge in [-0.25, -0.2) is 4.98 Å². The monoisotopic (exact) mass is 427 g/mol. The molecule has 1 saturated carbocycles. The summed E-state index contributed by atoms with van der Waals surface area (Å²) in [6, 6.07) is 6.65. The SMILES string of the molecule is CCN(C(=O)CN1CCCC(CN2CCN(c3ccccn3)CC2)C1)C1CCCCC1. The molecule has 3 fully saturated rings. The Hall–Kier alpha value is -1.66. The molecule has 4 rings (SSSR count). The van der Waals surface area contributed by atoms with Crippen LogP contribution in [0.4, 0.5) is 5.82 Å². The molecule has 1 aliphatic carbocycles. The smallest absolute Gasteiger partial charge is 0.236 e. The number of amides is 1. The van der Waals surface area contributed by atoms with Crippen LogP contribution in [0.15, 0.2) is 24.4 Å². The summed E-state index contributed by atoms with van der Waals surface area (Å²) in [5.41, 5.74) is 0. The van der Waals surface area contributed by atoms with E-state index >= 15 is 0 Å². The molecule has 0 spiro atoms. The molecular weight excluding hydrogens is 386 g/mol. The van der Waals surface area contributed by atoms with Crippen LogP contribution in [0.3, 0.4) is 0 Å². The first kappa shape index (κ1) is 22.5. The number of pyridine rings is 1. The average Bonchev–Trinajstić information content (AvgIpc) is 2.82. The zero-order chi connectivity index (χ0) is 21.5. The van der Waals surface area contributed by atoms with E-state index in [0.717, 1.165) is 51.6 Å². The lowest BCUT2D eigenvalue weighted by Crippen LogP contribution is -2.51. The number of rotatable bonds is 7. The van der Waals surface area contributed by atoms with E-state index in [2.05, 4.69) is 43.6 Å². The van der Waals surface area contributed by atoms with E-state index in [9.17, 15) is 4.79 Å². The minimum Gasteiger partial charge on any atom is -0.354 e. The fourth-order valence-electron chi connectivity index (χ4n) is 5.82. The van der Waals surface area contributed by atoms with E-state index in [1.807, 2.05) is 12.3 Å². The number of aromatic nitrogens is 1. The van der Waals surface area contributed by atoms with Gasteiger partial charge in [0.1, 0.15) is 5.82 Å². The molecule has 0 N–H and O–H groups in total. The lowest BCUT2D eigenvalue weighted by atomic mass is 9.94. The first-order valence-corrected chi connectivity index (χ1v) is 12.6. The maximum absolute atomic E-state index is 13.1.